The van der Waals surface area contributed by atoms with Crippen molar-refractivity contribution in [2.45, 2.75) is 6.54 Å². The second kappa shape index (κ2) is 7.45. The van der Waals surface area contributed by atoms with E-state index in [1.807, 2.05) is 0 Å². The molecule has 1 amide bonds. The molecule has 0 spiro atoms. The number of benzene rings is 1. The van der Waals surface area contributed by atoms with E-state index < -0.39 is 0 Å². The summed E-state index contributed by atoms with van der Waals surface area (Å²) in [7, 11) is 1.76. The molecule has 0 unspecified atom stereocenters. The fraction of sp³-hybridized carbons (Fsp3) is 0.308. The van der Waals surface area contributed by atoms with Crippen LogP contribution in [0.3, 0.4) is 0 Å². The van der Waals surface area contributed by atoms with Crippen molar-refractivity contribution in [1.82, 2.24) is 10.6 Å². The Labute approximate surface area is 106 Å². The summed E-state index contributed by atoms with van der Waals surface area (Å²) in [5, 5.41) is 5.51. The Balaban J connectivity index is 2.60. The average molecular weight is 252 g/mol. The van der Waals surface area contributed by atoms with Gasteiger partial charge >= 0.3 is 0 Å². The molecule has 0 aliphatic rings. The maximum absolute atomic E-state index is 13.1. The van der Waals surface area contributed by atoms with Gasteiger partial charge in [0.2, 0.25) is 0 Å². The Morgan fingerprint density at radius 1 is 1.56 bits per heavy atom. The number of rotatable bonds is 7. The topological polar surface area (TPSA) is 50.4 Å². The van der Waals surface area contributed by atoms with Crippen molar-refractivity contribution in [1.29, 1.82) is 0 Å². The highest BCUT2D eigenvalue weighted by atomic mass is 19.1. The van der Waals surface area contributed by atoms with E-state index >= 15 is 0 Å². The molecule has 0 aliphatic carbocycles. The molecule has 1 aromatic rings. The minimum Gasteiger partial charge on any atom is -0.483 e. The molecular formula is C13H17FN2O2. The quantitative estimate of drug-likeness (QED) is 0.718. The van der Waals surface area contributed by atoms with Crippen molar-refractivity contribution in [2.75, 3.05) is 20.2 Å². The lowest BCUT2D eigenvalue weighted by molar-refractivity contribution is -0.122. The van der Waals surface area contributed by atoms with Gasteiger partial charge in [-0.15, -0.1) is 6.58 Å². The first-order chi connectivity index (χ1) is 8.67. The first kappa shape index (κ1) is 14.2. The summed E-state index contributed by atoms with van der Waals surface area (Å²) >= 11 is 0. The molecule has 18 heavy (non-hydrogen) atoms. The standard InChI is InChI=1S/C13H17FN2O2/c1-3-6-16-13(17)9-18-12-5-4-11(14)7-10(12)8-15-2/h3-5,7,15H,1,6,8-9H2,2H3,(H,16,17). The molecule has 0 aliphatic heterocycles. The molecule has 0 radical (unpaired) electrons. The Morgan fingerprint density at radius 2 is 2.33 bits per heavy atom. The van der Waals surface area contributed by atoms with Gasteiger partial charge in [-0.1, -0.05) is 6.08 Å². The van der Waals surface area contributed by atoms with Crippen LogP contribution >= 0.6 is 0 Å². The number of hydrogen-bond donors (Lipinski definition) is 2. The fourth-order valence-electron chi connectivity index (χ4n) is 1.40. The Hall–Kier alpha value is -1.88. The third-order valence-electron chi connectivity index (χ3n) is 2.19. The van der Waals surface area contributed by atoms with E-state index in [1.165, 1.54) is 18.2 Å². The monoisotopic (exact) mass is 252 g/mol. The van der Waals surface area contributed by atoms with Gasteiger partial charge in [-0.25, -0.2) is 4.39 Å². The summed E-state index contributed by atoms with van der Waals surface area (Å²) in [6.07, 6.45) is 1.59. The molecule has 1 rings (SSSR count). The first-order valence-electron chi connectivity index (χ1n) is 5.60. The van der Waals surface area contributed by atoms with Crippen LogP contribution < -0.4 is 15.4 Å². The second-order valence-electron chi connectivity index (χ2n) is 3.66. The van der Waals surface area contributed by atoms with Crippen LogP contribution in [0.5, 0.6) is 5.75 Å². The van der Waals surface area contributed by atoms with E-state index in [0.29, 0.717) is 24.4 Å². The molecule has 0 aromatic heterocycles. The van der Waals surface area contributed by atoms with Gasteiger partial charge in [0.15, 0.2) is 6.61 Å². The summed E-state index contributed by atoms with van der Waals surface area (Å²) in [5.41, 5.74) is 0.675. The van der Waals surface area contributed by atoms with E-state index in [2.05, 4.69) is 17.2 Å². The summed E-state index contributed by atoms with van der Waals surface area (Å²) in [5.74, 6) is -0.0714. The number of ether oxygens (including phenoxy) is 1. The SMILES string of the molecule is C=CCNC(=O)COc1ccc(F)cc1CNC. The third kappa shape index (κ3) is 4.55. The van der Waals surface area contributed by atoms with Crippen LogP contribution in [0.4, 0.5) is 4.39 Å². The van der Waals surface area contributed by atoms with Crippen molar-refractivity contribution in [3.05, 3.63) is 42.2 Å². The lowest BCUT2D eigenvalue weighted by Crippen LogP contribution is -2.29. The minimum atomic E-state index is -0.330. The molecule has 4 nitrogen and oxygen atoms in total. The summed E-state index contributed by atoms with van der Waals surface area (Å²) < 4.78 is 18.4. The molecule has 0 atom stereocenters. The van der Waals surface area contributed by atoms with Gasteiger partial charge in [-0.2, -0.15) is 0 Å². The van der Waals surface area contributed by atoms with Crippen molar-refractivity contribution in [3.8, 4) is 5.75 Å². The lowest BCUT2D eigenvalue weighted by atomic mass is 10.2. The van der Waals surface area contributed by atoms with Gasteiger partial charge in [0.05, 0.1) is 0 Å². The fourth-order valence-corrected chi connectivity index (χ4v) is 1.40. The van der Waals surface area contributed by atoms with Crippen molar-refractivity contribution < 1.29 is 13.9 Å². The van der Waals surface area contributed by atoms with Gasteiger partial charge in [0.25, 0.3) is 5.91 Å². The largest absolute Gasteiger partial charge is 0.483 e. The maximum atomic E-state index is 13.1. The van der Waals surface area contributed by atoms with Crippen molar-refractivity contribution in [2.24, 2.45) is 0 Å². The smallest absolute Gasteiger partial charge is 0.258 e. The highest BCUT2D eigenvalue weighted by Gasteiger charge is 2.07. The van der Waals surface area contributed by atoms with E-state index in [-0.39, 0.29) is 18.3 Å². The van der Waals surface area contributed by atoms with Crippen LogP contribution in [0.1, 0.15) is 5.56 Å². The molecule has 0 saturated heterocycles. The Kier molecular flexibility index (Phi) is 5.87. The number of nitrogens with one attached hydrogen (secondary N) is 2. The van der Waals surface area contributed by atoms with Crippen LogP contribution in [0, 0.1) is 5.82 Å². The predicted octanol–water partition coefficient (Wildman–Crippen LogP) is 1.23. The maximum Gasteiger partial charge on any atom is 0.258 e. The predicted molar refractivity (Wildman–Crippen MR) is 67.9 cm³/mol. The van der Waals surface area contributed by atoms with Crippen molar-refractivity contribution >= 4 is 5.91 Å². The number of amides is 1. The molecule has 0 saturated carbocycles. The first-order valence-corrected chi connectivity index (χ1v) is 5.60. The molecule has 0 heterocycles. The summed E-state index contributed by atoms with van der Waals surface area (Å²) in [6, 6.07) is 4.20. The summed E-state index contributed by atoms with van der Waals surface area (Å²) in [6.45, 7) is 4.26. The van der Waals surface area contributed by atoms with E-state index in [9.17, 15) is 9.18 Å². The van der Waals surface area contributed by atoms with Gasteiger partial charge in [-0.05, 0) is 25.2 Å². The number of halogens is 1. The number of carbonyl (C=O) groups is 1. The third-order valence-corrected chi connectivity index (χ3v) is 2.19. The average Bonchev–Trinajstić information content (AvgIpc) is 2.36. The van der Waals surface area contributed by atoms with Gasteiger partial charge in [0.1, 0.15) is 11.6 Å². The Morgan fingerprint density at radius 3 is 3.00 bits per heavy atom. The van der Waals surface area contributed by atoms with E-state index in [0.717, 1.165) is 0 Å². The Bertz CT molecular complexity index is 421. The van der Waals surface area contributed by atoms with Crippen LogP contribution in [-0.4, -0.2) is 26.1 Å². The number of hydrogen-bond acceptors (Lipinski definition) is 3. The van der Waals surface area contributed by atoms with Crippen LogP contribution in [0.2, 0.25) is 0 Å². The van der Waals surface area contributed by atoms with Crippen LogP contribution in [0.15, 0.2) is 30.9 Å². The van der Waals surface area contributed by atoms with Gasteiger partial charge < -0.3 is 15.4 Å². The zero-order chi connectivity index (χ0) is 13.4. The van der Waals surface area contributed by atoms with Crippen molar-refractivity contribution in [3.63, 3.8) is 0 Å². The second-order valence-corrected chi connectivity index (χ2v) is 3.66. The van der Waals surface area contributed by atoms with E-state index in [1.54, 1.807) is 13.1 Å². The van der Waals surface area contributed by atoms with E-state index in [4.69, 9.17) is 4.74 Å². The van der Waals surface area contributed by atoms with Crippen LogP contribution in [-0.2, 0) is 11.3 Å². The molecule has 0 bridgehead atoms. The molecule has 1 aromatic carbocycles. The summed E-state index contributed by atoms with van der Waals surface area (Å²) in [4.78, 5) is 11.3. The van der Waals surface area contributed by atoms with Crippen LogP contribution in [0.25, 0.3) is 0 Å². The normalized spacial score (nSPS) is 9.89. The van der Waals surface area contributed by atoms with Gasteiger partial charge in [-0.3, -0.25) is 4.79 Å². The molecule has 98 valence electrons. The van der Waals surface area contributed by atoms with Gasteiger partial charge in [0, 0.05) is 18.7 Å². The molecular weight excluding hydrogens is 235 g/mol. The molecule has 0 fully saturated rings. The number of carbonyl (C=O) groups excluding carboxylic acids is 1. The minimum absolute atomic E-state index is 0.101. The lowest BCUT2D eigenvalue weighted by Gasteiger charge is -2.11. The highest BCUT2D eigenvalue weighted by Crippen LogP contribution is 2.19. The highest BCUT2D eigenvalue weighted by molar-refractivity contribution is 5.77. The zero-order valence-electron chi connectivity index (χ0n) is 10.3. The molecule has 5 heteroatoms. The molecule has 2 N–H and O–H groups in total. The zero-order valence-corrected chi connectivity index (χ0v) is 10.3.